The Morgan fingerprint density at radius 1 is 0.387 bits per heavy atom. The number of Topliss-reactive ketones (excluding diaryl/α,β-unsaturated/α-hetero) is 3. The second kappa shape index (κ2) is 42.3. The third kappa shape index (κ3) is 26.7. The highest BCUT2D eigenvalue weighted by Gasteiger charge is 2.29. The van der Waals surface area contributed by atoms with Crippen LogP contribution in [0.3, 0.4) is 0 Å². The highest BCUT2D eigenvalue weighted by molar-refractivity contribution is 5.98. The van der Waals surface area contributed by atoms with Gasteiger partial charge >= 0.3 is 12.2 Å². The Balaban J connectivity index is 0.000000183. The smallest absolute Gasteiger partial charge is 0.412 e. The van der Waals surface area contributed by atoms with Gasteiger partial charge in [0.15, 0.2) is 17.3 Å². The van der Waals surface area contributed by atoms with E-state index in [1.54, 1.807) is 14.0 Å². The van der Waals surface area contributed by atoms with Crippen LogP contribution in [0, 0.1) is 38.5 Å². The molecule has 23 heteroatoms. The molecule has 22 nitrogen and oxygen atoms in total. The number of nitrogens with zero attached hydrogens (tertiary/aromatic N) is 6. The van der Waals surface area contributed by atoms with Crippen molar-refractivity contribution in [1.29, 1.82) is 0 Å². The lowest BCUT2D eigenvalue weighted by Crippen LogP contribution is -2.32. The summed E-state index contributed by atoms with van der Waals surface area (Å²) in [6, 6.07) is 77.4. The molecule has 3 aliphatic rings. The molecule has 13 N–H and O–H groups in total. The maximum Gasteiger partial charge on any atom is 0.412 e. The number of aryl methyl sites for hydroxylation is 3. The van der Waals surface area contributed by atoms with E-state index in [9.17, 15) is 24.0 Å². The fourth-order valence-electron chi connectivity index (χ4n) is 14.7. The van der Waals surface area contributed by atoms with E-state index in [1.165, 1.54) is 49.7 Å². The molecule has 15 rings (SSSR count). The summed E-state index contributed by atoms with van der Waals surface area (Å²) in [7, 11) is 0. The largest absolute Gasteiger partial charge is 0.444 e. The van der Waals surface area contributed by atoms with Gasteiger partial charge in [-0.3, -0.25) is 19.7 Å². The maximum atomic E-state index is 13.8. The first kappa shape index (κ1) is 92.6. The summed E-state index contributed by atoms with van der Waals surface area (Å²) in [4.78, 5) is 65.3. The molecular weight excluding hydrogens is 1570 g/mol. The highest BCUT2D eigenvalue weighted by atomic mass is 35.5. The quantitative estimate of drug-likeness (QED) is 0.0140. The summed E-state index contributed by atoms with van der Waals surface area (Å²) in [6.07, 6.45) is 7.42. The second-order valence-electron chi connectivity index (χ2n) is 34.5. The number of nitrogens with two attached hydrogens (primary N) is 4. The molecule has 3 saturated carbocycles. The normalized spacial score (nSPS) is 13.7. The van der Waals surface area contributed by atoms with Crippen molar-refractivity contribution in [3.63, 3.8) is 0 Å². The number of hydrogen-bond donors (Lipinski definition) is 9. The van der Waals surface area contributed by atoms with Gasteiger partial charge in [-0.2, -0.15) is 15.3 Å². The summed E-state index contributed by atoms with van der Waals surface area (Å²) in [5.41, 5.74) is 43.3. The average molecular weight is 1690 g/mol. The van der Waals surface area contributed by atoms with Gasteiger partial charge in [0.05, 0.1) is 52.3 Å². The van der Waals surface area contributed by atoms with Gasteiger partial charge in [0, 0.05) is 56.0 Å². The third-order valence-corrected chi connectivity index (χ3v) is 21.4. The molecule has 0 saturated heterocycles. The number of nitrogens with one attached hydrogen (secondary N) is 5. The fourth-order valence-corrected chi connectivity index (χ4v) is 14.7. The van der Waals surface area contributed by atoms with Crippen LogP contribution in [0.4, 0.5) is 26.7 Å². The molecule has 0 bridgehead atoms. The highest BCUT2D eigenvalue weighted by Crippen LogP contribution is 2.35. The summed E-state index contributed by atoms with van der Waals surface area (Å²) >= 11 is 0. The molecular formula is C101H120ClN15O7. The molecule has 648 valence electrons. The third-order valence-electron chi connectivity index (χ3n) is 21.4. The van der Waals surface area contributed by atoms with Crippen molar-refractivity contribution in [1.82, 2.24) is 50.6 Å². The minimum absolute atomic E-state index is 0. The summed E-state index contributed by atoms with van der Waals surface area (Å²) in [5.74, 6) is 2.19. The van der Waals surface area contributed by atoms with E-state index in [2.05, 4.69) is 103 Å². The van der Waals surface area contributed by atoms with Crippen LogP contribution in [0.2, 0.25) is 0 Å². The van der Waals surface area contributed by atoms with Gasteiger partial charge in [0.2, 0.25) is 0 Å². The van der Waals surface area contributed by atoms with Crippen molar-refractivity contribution >= 4 is 59.0 Å². The number of alkyl carbamates (subject to hydrolysis) is 1. The Kier molecular flexibility index (Phi) is 31.6. The minimum Gasteiger partial charge on any atom is -0.444 e. The minimum atomic E-state index is -0.588. The zero-order valence-electron chi connectivity index (χ0n) is 71.8. The van der Waals surface area contributed by atoms with Gasteiger partial charge in [-0.15, -0.1) is 12.4 Å². The zero-order chi connectivity index (χ0) is 86.2. The summed E-state index contributed by atoms with van der Waals surface area (Å²) < 4.78 is 15.9. The number of halogens is 1. The Morgan fingerprint density at radius 2 is 0.685 bits per heavy atom. The van der Waals surface area contributed by atoms with Crippen LogP contribution in [0.1, 0.15) is 221 Å². The van der Waals surface area contributed by atoms with E-state index in [0.717, 1.165) is 133 Å². The van der Waals surface area contributed by atoms with E-state index in [1.807, 2.05) is 238 Å². The van der Waals surface area contributed by atoms with E-state index >= 15 is 0 Å². The molecule has 3 fully saturated rings. The topological polar surface area (TPSA) is 322 Å². The van der Waals surface area contributed by atoms with E-state index in [0.29, 0.717) is 54.6 Å². The lowest BCUT2D eigenvalue weighted by Gasteiger charge is -2.22. The van der Waals surface area contributed by atoms with Crippen LogP contribution in [0.5, 0.6) is 0 Å². The second-order valence-corrected chi connectivity index (χ2v) is 34.5. The van der Waals surface area contributed by atoms with Crippen molar-refractivity contribution < 1.29 is 33.4 Å². The Labute approximate surface area is 735 Å². The number of rotatable bonds is 32. The predicted octanol–water partition coefficient (Wildman–Crippen LogP) is 18.6. The summed E-state index contributed by atoms with van der Waals surface area (Å²) in [6.45, 7) is 20.7. The average Bonchev–Trinajstić information content (AvgIpc) is 1.78. The Hall–Kier alpha value is -12.2. The molecule has 12 aromatic rings. The maximum absolute atomic E-state index is 13.8. The van der Waals surface area contributed by atoms with Crippen LogP contribution < -0.4 is 49.5 Å². The molecule has 3 aromatic heterocycles. The number of benzene rings is 9. The lowest BCUT2D eigenvalue weighted by molar-refractivity contribution is 0.0522. The van der Waals surface area contributed by atoms with Crippen LogP contribution in [0.25, 0.3) is 17.1 Å². The number of ether oxygens (including phenoxy) is 2. The molecule has 2 amide bonds. The monoisotopic (exact) mass is 1690 g/mol. The number of aromatic nitrogens is 6. The predicted molar refractivity (Wildman–Crippen MR) is 497 cm³/mol. The number of anilines is 3. The Bertz CT molecular complexity index is 5410. The molecule has 3 unspecified atom stereocenters. The number of amides is 2. The Morgan fingerprint density at radius 3 is 1.01 bits per heavy atom. The van der Waals surface area contributed by atoms with Gasteiger partial charge in [0.1, 0.15) is 28.3 Å². The van der Waals surface area contributed by atoms with Crippen LogP contribution in [0.15, 0.2) is 237 Å². The van der Waals surface area contributed by atoms with Crippen LogP contribution in [-0.2, 0) is 48.4 Å². The van der Waals surface area contributed by atoms with Crippen LogP contribution >= 0.6 is 12.4 Å². The molecule has 3 atom stereocenters. The van der Waals surface area contributed by atoms with Crippen molar-refractivity contribution in [3.8, 4) is 17.1 Å². The number of ketones is 3. The molecule has 0 radical (unpaired) electrons. The number of nitrogen functional groups attached to an aromatic ring is 2. The zero-order valence-corrected chi connectivity index (χ0v) is 72.7. The van der Waals surface area contributed by atoms with Gasteiger partial charge in [-0.05, 0) is 296 Å². The summed E-state index contributed by atoms with van der Waals surface area (Å²) in [5, 5.41) is 30.6. The molecule has 0 aliphatic heterocycles. The fraction of sp³-hybridized carbons (Fsp3) is 0.327. The van der Waals surface area contributed by atoms with Gasteiger partial charge in [-0.1, -0.05) is 153 Å². The molecule has 9 aromatic carbocycles. The SMILES string of the molecule is C.Cc1cc(C(=O)Cc2cccc(C(NCC3CC3)c3ccc(N)cc3)c2)n(-c2cccc(CN)c2)n1.Cc1cc(C(=O)Cc2cccc(C(NCC3CC3)c3ccc(N)cc3)c2)n(-c2cccc(CN)c2)n1.Cc1cc(C(=O)Cc2cccc(C(NCC3CC3)c3ccc(NC(=O)OC(C)(C)C)cc3)c2)n(-c2cccc(CNC(=O)OC(C)(C)C)c2)n1.Cl. The van der Waals surface area contributed by atoms with Gasteiger partial charge in [0.25, 0.3) is 0 Å². The van der Waals surface area contributed by atoms with Crippen molar-refractivity contribution in [2.24, 2.45) is 29.2 Å². The molecule has 124 heavy (non-hydrogen) atoms. The van der Waals surface area contributed by atoms with Crippen molar-refractivity contribution in [3.05, 3.63) is 338 Å². The first-order valence-electron chi connectivity index (χ1n) is 42.3. The number of hydrogen-bond acceptors (Lipinski definition) is 17. The molecule has 0 spiro atoms. The molecule has 3 aliphatic carbocycles. The first-order valence-corrected chi connectivity index (χ1v) is 42.3. The van der Waals surface area contributed by atoms with E-state index < -0.39 is 23.4 Å². The van der Waals surface area contributed by atoms with Crippen molar-refractivity contribution in [2.75, 3.05) is 36.4 Å². The van der Waals surface area contributed by atoms with E-state index in [4.69, 9.17) is 32.4 Å². The van der Waals surface area contributed by atoms with Crippen LogP contribution in [-0.4, -0.2) is 89.7 Å². The number of carbonyl (C=O) groups excluding carboxylic acids is 5. The standard InChI is InChI=1S/C40H49N5O5.2C30H33N5O.CH4.ClH/c1-26-20-34(45(44-26)33-13-9-11-29(22-33)25-42-37(47)49-39(2,3)4)35(46)23-28-10-8-12-31(21-28)36(41-24-27-14-15-27)30-16-18-32(19-17-30)43-38(48)50-40(5,6)7;2*1-20-14-28(35(34-20)27-7-3-5-23(16-27)18-31)29(36)17-22-4-2-6-25(15-22)30(33-19-21-8-9-21)24-10-12-26(32)13-11-24;;/h8-13,16-22,27,36,41H,14-15,23-25H2,1-7H3,(H,42,47)(H,43,48);2*2-7,10-16,21,30,33H,8-9,17-19,31-32H2,1H3;1H4;1H. The van der Waals surface area contributed by atoms with E-state index in [-0.39, 0.29) is 68.3 Å². The first-order chi connectivity index (χ1) is 58.6. The van der Waals surface area contributed by atoms with Gasteiger partial charge in [-0.25, -0.2) is 23.6 Å². The van der Waals surface area contributed by atoms with Gasteiger partial charge < -0.3 is 53.7 Å². The lowest BCUT2D eigenvalue weighted by atomic mass is 9.95. The number of carbonyl (C=O) groups is 5. The van der Waals surface area contributed by atoms with Crippen molar-refractivity contribution in [2.45, 2.75) is 176 Å². The molecule has 3 heterocycles.